The summed E-state index contributed by atoms with van der Waals surface area (Å²) < 4.78 is 15.7. The Hall–Kier alpha value is -3.33. The molecule has 126 valence electrons. The van der Waals surface area contributed by atoms with Crippen molar-refractivity contribution in [2.75, 3.05) is 21.3 Å². The average molecular weight is 335 g/mol. The summed E-state index contributed by atoms with van der Waals surface area (Å²) in [6.45, 7) is 0. The molecule has 1 heterocycles. The van der Waals surface area contributed by atoms with E-state index in [1.807, 2.05) is 30.3 Å². The summed E-state index contributed by atoms with van der Waals surface area (Å²) >= 11 is 0. The van der Waals surface area contributed by atoms with Gasteiger partial charge in [-0.1, -0.05) is 12.1 Å². The van der Waals surface area contributed by atoms with Gasteiger partial charge in [0.2, 0.25) is 5.88 Å². The zero-order valence-electron chi connectivity index (χ0n) is 14.2. The number of rotatable bonds is 5. The lowest BCUT2D eigenvalue weighted by atomic mass is 9.98. The third kappa shape index (κ3) is 3.17. The molecular weight excluding hydrogens is 318 g/mol. The fourth-order valence-corrected chi connectivity index (χ4v) is 2.68. The van der Waals surface area contributed by atoms with Gasteiger partial charge in [0.25, 0.3) is 0 Å². The molecule has 0 N–H and O–H groups in total. The second-order valence-corrected chi connectivity index (χ2v) is 5.36. The first-order valence-electron chi connectivity index (χ1n) is 7.63. The molecule has 0 radical (unpaired) electrons. The lowest BCUT2D eigenvalue weighted by Crippen LogP contribution is -1.99. The molecule has 0 amide bonds. The number of ether oxygens (including phenoxy) is 3. The molecule has 0 spiro atoms. The summed E-state index contributed by atoms with van der Waals surface area (Å²) in [6, 6.07) is 11.7. The number of methoxy groups -OCH3 is 3. The second kappa shape index (κ2) is 7.05. The Morgan fingerprint density at radius 1 is 1.00 bits per heavy atom. The fourth-order valence-electron chi connectivity index (χ4n) is 2.68. The molecule has 25 heavy (non-hydrogen) atoms. The van der Waals surface area contributed by atoms with E-state index < -0.39 is 0 Å². The number of aromatic nitrogens is 2. The molecule has 0 aliphatic rings. The molecule has 2 aromatic carbocycles. The van der Waals surface area contributed by atoms with Gasteiger partial charge in [0.05, 0.1) is 38.6 Å². The maximum Gasteiger partial charge on any atom is 0.232 e. The van der Waals surface area contributed by atoms with Gasteiger partial charge in [-0.15, -0.1) is 0 Å². The zero-order chi connectivity index (χ0) is 17.8. The molecule has 1 aromatic heterocycles. The van der Waals surface area contributed by atoms with Crippen LogP contribution in [-0.4, -0.2) is 31.3 Å². The highest BCUT2D eigenvalue weighted by Gasteiger charge is 2.13. The van der Waals surface area contributed by atoms with E-state index in [0.717, 1.165) is 11.1 Å². The highest BCUT2D eigenvalue weighted by molar-refractivity contribution is 5.82. The van der Waals surface area contributed by atoms with Crippen molar-refractivity contribution in [2.24, 2.45) is 0 Å². The minimum atomic E-state index is 0.382. The second-order valence-electron chi connectivity index (χ2n) is 5.36. The first kappa shape index (κ1) is 16.5. The van der Waals surface area contributed by atoms with E-state index in [0.29, 0.717) is 40.4 Å². The first-order chi connectivity index (χ1) is 12.2. The number of fused-ring (bicyclic) bond motifs is 1. The molecule has 0 unspecified atom stereocenters. The quantitative estimate of drug-likeness (QED) is 0.713. The van der Waals surface area contributed by atoms with E-state index in [9.17, 15) is 5.26 Å². The SMILES string of the molecule is COc1cnc2ccc(Cc3ccc(OC)c(OC)c3)c(C#N)c2n1. The van der Waals surface area contributed by atoms with Crippen molar-refractivity contribution in [1.29, 1.82) is 5.26 Å². The van der Waals surface area contributed by atoms with Crippen LogP contribution in [0.2, 0.25) is 0 Å². The van der Waals surface area contributed by atoms with Crippen LogP contribution >= 0.6 is 0 Å². The van der Waals surface area contributed by atoms with Crippen LogP contribution in [0.3, 0.4) is 0 Å². The van der Waals surface area contributed by atoms with Crippen LogP contribution in [0.4, 0.5) is 0 Å². The number of hydrogen-bond acceptors (Lipinski definition) is 6. The Kier molecular flexibility index (Phi) is 4.66. The molecular formula is C19H17N3O3. The summed E-state index contributed by atoms with van der Waals surface area (Å²) in [5.41, 5.74) is 3.57. The minimum absolute atomic E-state index is 0.382. The molecule has 0 saturated carbocycles. The summed E-state index contributed by atoms with van der Waals surface area (Å²) in [5, 5.41) is 9.64. The van der Waals surface area contributed by atoms with E-state index in [-0.39, 0.29) is 0 Å². The molecule has 0 saturated heterocycles. The molecule has 3 aromatic rings. The van der Waals surface area contributed by atoms with Gasteiger partial charge in [0.1, 0.15) is 11.6 Å². The number of nitriles is 1. The lowest BCUT2D eigenvalue weighted by Gasteiger charge is -2.11. The summed E-state index contributed by atoms with van der Waals surface area (Å²) in [5.74, 6) is 1.70. The number of nitrogens with zero attached hydrogens (tertiary/aromatic N) is 3. The predicted molar refractivity (Wildman–Crippen MR) is 93.2 cm³/mol. The molecule has 6 heteroatoms. The Labute approximate surface area is 145 Å². The number of benzene rings is 2. The topological polar surface area (TPSA) is 77.3 Å². The lowest BCUT2D eigenvalue weighted by molar-refractivity contribution is 0.354. The van der Waals surface area contributed by atoms with Crippen LogP contribution in [0, 0.1) is 11.3 Å². The van der Waals surface area contributed by atoms with Crippen molar-refractivity contribution in [3.8, 4) is 23.4 Å². The van der Waals surface area contributed by atoms with Crippen LogP contribution in [0.25, 0.3) is 11.0 Å². The molecule has 0 bridgehead atoms. The van der Waals surface area contributed by atoms with Crippen LogP contribution in [0.15, 0.2) is 36.5 Å². The van der Waals surface area contributed by atoms with Crippen LogP contribution in [0.1, 0.15) is 16.7 Å². The van der Waals surface area contributed by atoms with Gasteiger partial charge >= 0.3 is 0 Å². The Morgan fingerprint density at radius 2 is 1.80 bits per heavy atom. The maximum absolute atomic E-state index is 9.64. The summed E-state index contributed by atoms with van der Waals surface area (Å²) in [4.78, 5) is 8.66. The van der Waals surface area contributed by atoms with E-state index in [2.05, 4.69) is 16.0 Å². The van der Waals surface area contributed by atoms with E-state index in [1.165, 1.54) is 13.3 Å². The highest BCUT2D eigenvalue weighted by Crippen LogP contribution is 2.30. The Bertz CT molecular complexity index is 964. The van der Waals surface area contributed by atoms with Gasteiger partial charge in [0.15, 0.2) is 11.5 Å². The minimum Gasteiger partial charge on any atom is -0.493 e. The average Bonchev–Trinajstić information content (AvgIpc) is 2.67. The molecule has 3 rings (SSSR count). The number of hydrogen-bond donors (Lipinski definition) is 0. The van der Waals surface area contributed by atoms with Gasteiger partial charge in [-0.25, -0.2) is 9.97 Å². The molecule has 0 fully saturated rings. The molecule has 0 aliphatic heterocycles. The van der Waals surface area contributed by atoms with Crippen LogP contribution in [0.5, 0.6) is 17.4 Å². The summed E-state index contributed by atoms with van der Waals surface area (Å²) in [6.07, 6.45) is 2.11. The van der Waals surface area contributed by atoms with Gasteiger partial charge in [-0.3, -0.25) is 0 Å². The van der Waals surface area contributed by atoms with E-state index in [1.54, 1.807) is 14.2 Å². The Morgan fingerprint density at radius 3 is 2.48 bits per heavy atom. The summed E-state index contributed by atoms with van der Waals surface area (Å²) in [7, 11) is 4.72. The predicted octanol–water partition coefficient (Wildman–Crippen LogP) is 3.12. The largest absolute Gasteiger partial charge is 0.493 e. The van der Waals surface area contributed by atoms with Crippen molar-refractivity contribution in [3.63, 3.8) is 0 Å². The Balaban J connectivity index is 2.06. The zero-order valence-corrected chi connectivity index (χ0v) is 14.2. The highest BCUT2D eigenvalue weighted by atomic mass is 16.5. The van der Waals surface area contributed by atoms with Gasteiger partial charge in [-0.05, 0) is 35.7 Å². The van der Waals surface area contributed by atoms with Crippen LogP contribution < -0.4 is 14.2 Å². The standard InChI is InChI=1S/C19H17N3O3/c1-23-16-7-4-12(9-17(16)24-2)8-13-5-6-15-19(14(13)10-20)22-18(25-3)11-21-15/h4-7,9,11H,8H2,1-3H3. The first-order valence-corrected chi connectivity index (χ1v) is 7.63. The van der Waals surface area contributed by atoms with Gasteiger partial charge in [0, 0.05) is 0 Å². The van der Waals surface area contributed by atoms with Gasteiger partial charge < -0.3 is 14.2 Å². The maximum atomic E-state index is 9.64. The van der Waals surface area contributed by atoms with E-state index >= 15 is 0 Å². The van der Waals surface area contributed by atoms with Crippen LogP contribution in [-0.2, 0) is 6.42 Å². The molecule has 0 aliphatic carbocycles. The van der Waals surface area contributed by atoms with Crippen molar-refractivity contribution < 1.29 is 14.2 Å². The van der Waals surface area contributed by atoms with Crippen molar-refractivity contribution >= 4 is 11.0 Å². The molecule has 6 nitrogen and oxygen atoms in total. The third-order valence-electron chi connectivity index (χ3n) is 3.94. The monoisotopic (exact) mass is 335 g/mol. The normalized spacial score (nSPS) is 10.3. The fraction of sp³-hybridized carbons (Fsp3) is 0.211. The van der Waals surface area contributed by atoms with Crippen molar-refractivity contribution in [3.05, 3.63) is 53.2 Å². The van der Waals surface area contributed by atoms with Crippen molar-refractivity contribution in [1.82, 2.24) is 9.97 Å². The van der Waals surface area contributed by atoms with Crippen molar-refractivity contribution in [2.45, 2.75) is 6.42 Å². The molecule has 0 atom stereocenters. The van der Waals surface area contributed by atoms with Gasteiger partial charge in [-0.2, -0.15) is 5.26 Å². The third-order valence-corrected chi connectivity index (χ3v) is 3.94. The smallest absolute Gasteiger partial charge is 0.232 e. The van der Waals surface area contributed by atoms with E-state index in [4.69, 9.17) is 14.2 Å².